The van der Waals surface area contributed by atoms with Crippen LogP contribution in [-0.4, -0.2) is 65.6 Å². The molecule has 86 valence electrons. The van der Waals surface area contributed by atoms with Gasteiger partial charge in [0.2, 0.25) is 0 Å². The SMILES string of the molecule is CSCCN(C)C(=O)N1CC(C(=O)O)C1. The molecule has 1 N–H and O–H groups in total. The lowest BCUT2D eigenvalue weighted by Gasteiger charge is -2.38. The van der Waals surface area contributed by atoms with E-state index >= 15 is 0 Å². The van der Waals surface area contributed by atoms with Crippen molar-refractivity contribution in [1.29, 1.82) is 0 Å². The molecule has 1 rings (SSSR count). The lowest BCUT2D eigenvalue weighted by molar-refractivity contribution is -0.146. The van der Waals surface area contributed by atoms with Gasteiger partial charge in [0.25, 0.3) is 0 Å². The molecular formula is C9H16N2O3S. The van der Waals surface area contributed by atoms with Crippen molar-refractivity contribution < 1.29 is 14.7 Å². The van der Waals surface area contributed by atoms with Crippen LogP contribution in [0.3, 0.4) is 0 Å². The van der Waals surface area contributed by atoms with Crippen LogP contribution in [0.4, 0.5) is 4.79 Å². The maximum absolute atomic E-state index is 11.6. The number of hydrogen-bond acceptors (Lipinski definition) is 3. The number of carboxylic acid groups (broad SMARTS) is 1. The molecule has 0 aromatic rings. The van der Waals surface area contributed by atoms with Gasteiger partial charge in [-0.3, -0.25) is 4.79 Å². The summed E-state index contributed by atoms with van der Waals surface area (Å²) in [5, 5.41) is 8.66. The fourth-order valence-electron chi connectivity index (χ4n) is 1.36. The normalized spacial score (nSPS) is 16.0. The molecule has 1 aliphatic rings. The monoisotopic (exact) mass is 232 g/mol. The highest BCUT2D eigenvalue weighted by Gasteiger charge is 2.36. The standard InChI is InChI=1S/C9H16N2O3S/c1-10(3-4-15-2)9(14)11-5-7(6-11)8(12)13/h7H,3-6H2,1-2H3,(H,12,13). The highest BCUT2D eigenvalue weighted by atomic mass is 32.2. The number of carbonyl (C=O) groups is 2. The smallest absolute Gasteiger partial charge is 0.319 e. The van der Waals surface area contributed by atoms with Crippen molar-refractivity contribution >= 4 is 23.8 Å². The summed E-state index contributed by atoms with van der Waals surface area (Å²) < 4.78 is 0. The molecule has 0 atom stereocenters. The van der Waals surface area contributed by atoms with Crippen molar-refractivity contribution in [2.24, 2.45) is 5.92 Å². The van der Waals surface area contributed by atoms with Crippen molar-refractivity contribution in [2.75, 3.05) is 38.7 Å². The zero-order valence-corrected chi connectivity index (χ0v) is 9.79. The van der Waals surface area contributed by atoms with Gasteiger partial charge in [-0.25, -0.2) is 4.79 Å². The van der Waals surface area contributed by atoms with E-state index in [0.717, 1.165) is 5.75 Å². The summed E-state index contributed by atoms with van der Waals surface area (Å²) in [5.41, 5.74) is 0. The first-order chi connectivity index (χ1) is 7.06. The first kappa shape index (κ1) is 12.2. The zero-order chi connectivity index (χ0) is 11.4. The lowest BCUT2D eigenvalue weighted by atomic mass is 10.0. The molecular weight excluding hydrogens is 216 g/mol. The molecule has 0 aromatic carbocycles. The predicted octanol–water partition coefficient (Wildman–Crippen LogP) is 0.418. The van der Waals surface area contributed by atoms with Gasteiger partial charge in [0, 0.05) is 32.4 Å². The number of amides is 2. The summed E-state index contributed by atoms with van der Waals surface area (Å²) >= 11 is 1.68. The maximum Gasteiger partial charge on any atom is 0.319 e. The average Bonchev–Trinajstić information content (AvgIpc) is 2.10. The van der Waals surface area contributed by atoms with Crippen LogP contribution in [0.25, 0.3) is 0 Å². The minimum absolute atomic E-state index is 0.0680. The number of aliphatic carboxylic acids is 1. The molecule has 1 fully saturated rings. The molecule has 0 unspecified atom stereocenters. The number of thioether (sulfide) groups is 1. The van der Waals surface area contributed by atoms with E-state index in [0.29, 0.717) is 19.6 Å². The van der Waals surface area contributed by atoms with Crippen molar-refractivity contribution in [2.45, 2.75) is 0 Å². The van der Waals surface area contributed by atoms with E-state index in [9.17, 15) is 9.59 Å². The van der Waals surface area contributed by atoms with E-state index in [1.165, 1.54) is 0 Å². The Morgan fingerprint density at radius 1 is 1.53 bits per heavy atom. The second kappa shape index (κ2) is 5.25. The minimum Gasteiger partial charge on any atom is -0.481 e. The summed E-state index contributed by atoms with van der Waals surface area (Å²) in [6.45, 7) is 1.39. The predicted molar refractivity (Wildman–Crippen MR) is 59.1 cm³/mol. The molecule has 1 aliphatic heterocycles. The van der Waals surface area contributed by atoms with Crippen LogP contribution in [0.5, 0.6) is 0 Å². The summed E-state index contributed by atoms with van der Waals surface area (Å²) in [6, 6.07) is -0.0680. The number of nitrogens with zero attached hydrogens (tertiary/aromatic N) is 2. The molecule has 15 heavy (non-hydrogen) atoms. The van der Waals surface area contributed by atoms with Gasteiger partial charge in [-0.15, -0.1) is 0 Å². The van der Waals surface area contributed by atoms with E-state index in [4.69, 9.17) is 5.11 Å². The van der Waals surface area contributed by atoms with Crippen LogP contribution in [0, 0.1) is 5.92 Å². The van der Waals surface area contributed by atoms with E-state index in [-0.39, 0.29) is 11.9 Å². The second-order valence-corrected chi connectivity index (χ2v) is 4.62. The third-order valence-electron chi connectivity index (χ3n) is 2.46. The Morgan fingerprint density at radius 3 is 2.60 bits per heavy atom. The molecule has 0 spiro atoms. The van der Waals surface area contributed by atoms with Gasteiger partial charge in [0.05, 0.1) is 5.92 Å². The summed E-state index contributed by atoms with van der Waals surface area (Å²) in [7, 11) is 1.74. The molecule has 1 heterocycles. The van der Waals surface area contributed by atoms with Crippen LogP contribution in [-0.2, 0) is 4.79 Å². The van der Waals surface area contributed by atoms with Crippen LogP contribution in [0.2, 0.25) is 0 Å². The third kappa shape index (κ3) is 3.02. The van der Waals surface area contributed by atoms with E-state index < -0.39 is 5.97 Å². The molecule has 0 aromatic heterocycles. The van der Waals surface area contributed by atoms with Gasteiger partial charge in [0.15, 0.2) is 0 Å². The van der Waals surface area contributed by atoms with Gasteiger partial charge >= 0.3 is 12.0 Å². The third-order valence-corrected chi connectivity index (χ3v) is 3.05. The topological polar surface area (TPSA) is 60.9 Å². The quantitative estimate of drug-likeness (QED) is 0.763. The van der Waals surface area contributed by atoms with E-state index in [1.807, 2.05) is 6.26 Å². The Hall–Kier alpha value is -0.910. The first-order valence-electron chi connectivity index (χ1n) is 4.78. The van der Waals surface area contributed by atoms with Gasteiger partial charge in [-0.2, -0.15) is 11.8 Å². The molecule has 2 amide bonds. The van der Waals surface area contributed by atoms with Gasteiger partial charge in [-0.05, 0) is 6.26 Å². The fraction of sp³-hybridized carbons (Fsp3) is 0.778. The number of hydrogen-bond donors (Lipinski definition) is 1. The van der Waals surface area contributed by atoms with Crippen LogP contribution >= 0.6 is 11.8 Å². The molecule has 6 heteroatoms. The second-order valence-electron chi connectivity index (χ2n) is 3.64. The van der Waals surface area contributed by atoms with Gasteiger partial charge in [-0.1, -0.05) is 0 Å². The summed E-state index contributed by atoms with van der Waals surface area (Å²) in [4.78, 5) is 25.4. The van der Waals surface area contributed by atoms with Crippen LogP contribution in [0.1, 0.15) is 0 Å². The van der Waals surface area contributed by atoms with E-state index in [2.05, 4.69) is 0 Å². The molecule has 0 bridgehead atoms. The Bertz CT molecular complexity index is 254. The summed E-state index contributed by atoms with van der Waals surface area (Å²) in [6.07, 6.45) is 1.99. The van der Waals surface area contributed by atoms with Crippen LogP contribution in [0.15, 0.2) is 0 Å². The molecule has 0 radical (unpaired) electrons. The number of carboxylic acids is 1. The highest BCUT2D eigenvalue weighted by Crippen LogP contribution is 2.17. The van der Waals surface area contributed by atoms with Gasteiger partial charge < -0.3 is 14.9 Å². The van der Waals surface area contributed by atoms with Crippen LogP contribution < -0.4 is 0 Å². The molecule has 5 nitrogen and oxygen atoms in total. The number of likely N-dealkylation sites (tertiary alicyclic amines) is 1. The summed E-state index contributed by atoms with van der Waals surface area (Å²) in [5.74, 6) is -0.285. The molecule has 0 saturated carbocycles. The van der Waals surface area contributed by atoms with Crippen molar-refractivity contribution in [3.63, 3.8) is 0 Å². The maximum atomic E-state index is 11.6. The Kier molecular flexibility index (Phi) is 4.26. The number of rotatable bonds is 4. The highest BCUT2D eigenvalue weighted by molar-refractivity contribution is 7.98. The van der Waals surface area contributed by atoms with Gasteiger partial charge in [0.1, 0.15) is 0 Å². The average molecular weight is 232 g/mol. The molecule has 0 aliphatic carbocycles. The van der Waals surface area contributed by atoms with Crippen molar-refractivity contribution in [3.05, 3.63) is 0 Å². The van der Waals surface area contributed by atoms with Crippen molar-refractivity contribution in [3.8, 4) is 0 Å². The molecule has 1 saturated heterocycles. The minimum atomic E-state index is -0.814. The Balaban J connectivity index is 2.28. The fourth-order valence-corrected chi connectivity index (χ4v) is 1.81. The zero-order valence-electron chi connectivity index (χ0n) is 8.97. The Labute approximate surface area is 93.4 Å². The lowest BCUT2D eigenvalue weighted by Crippen LogP contribution is -2.56. The number of urea groups is 1. The van der Waals surface area contributed by atoms with Crippen molar-refractivity contribution in [1.82, 2.24) is 9.80 Å². The largest absolute Gasteiger partial charge is 0.481 e. The number of carbonyl (C=O) groups excluding carboxylic acids is 1. The van der Waals surface area contributed by atoms with E-state index in [1.54, 1.807) is 28.6 Å². The Morgan fingerprint density at radius 2 is 2.13 bits per heavy atom. The first-order valence-corrected chi connectivity index (χ1v) is 6.17.